The summed E-state index contributed by atoms with van der Waals surface area (Å²) in [4.78, 5) is 14.4. The molecule has 1 saturated heterocycles. The summed E-state index contributed by atoms with van der Waals surface area (Å²) < 4.78 is 23.1. The Morgan fingerprint density at radius 2 is 2.19 bits per heavy atom. The fraction of sp³-hybridized carbons (Fsp3) is 0.533. The summed E-state index contributed by atoms with van der Waals surface area (Å²) in [6, 6.07) is 6.18. The molecule has 2 rings (SSSR count). The van der Waals surface area contributed by atoms with Crippen molar-refractivity contribution < 1.29 is 18.3 Å². The molecule has 0 aliphatic carbocycles. The minimum absolute atomic E-state index is 0.135. The maximum Gasteiger partial charge on any atom is 0.253 e. The summed E-state index contributed by atoms with van der Waals surface area (Å²) in [5, 5.41) is 9.02. The van der Waals surface area contributed by atoms with E-state index in [9.17, 15) is 13.2 Å². The molecule has 6 heteroatoms. The second-order valence-electron chi connectivity index (χ2n) is 5.57. The van der Waals surface area contributed by atoms with Gasteiger partial charge in [-0.1, -0.05) is 6.07 Å². The first-order valence-corrected chi connectivity index (χ1v) is 9.01. The lowest BCUT2D eigenvalue weighted by Gasteiger charge is -2.32. The Kier molecular flexibility index (Phi) is 5.00. The molecule has 1 amide bonds. The highest BCUT2D eigenvalue weighted by Gasteiger charge is 2.24. The summed E-state index contributed by atoms with van der Waals surface area (Å²) in [5.74, 6) is 0.189. The number of hydrogen-bond acceptors (Lipinski definition) is 4. The maximum absolute atomic E-state index is 12.5. The summed E-state index contributed by atoms with van der Waals surface area (Å²) in [6.07, 6.45) is 3.78. The predicted octanol–water partition coefficient (Wildman–Crippen LogP) is 1.32. The maximum atomic E-state index is 12.5. The topological polar surface area (TPSA) is 74.7 Å². The van der Waals surface area contributed by atoms with Crippen LogP contribution in [0.5, 0.6) is 0 Å². The Labute approximate surface area is 125 Å². The molecule has 0 radical (unpaired) electrons. The van der Waals surface area contributed by atoms with Gasteiger partial charge in [0.2, 0.25) is 0 Å². The third kappa shape index (κ3) is 4.04. The highest BCUT2D eigenvalue weighted by molar-refractivity contribution is 7.90. The Balaban J connectivity index is 2.16. The Hall–Kier alpha value is -1.40. The minimum atomic E-state index is -3.31. The van der Waals surface area contributed by atoms with Gasteiger partial charge in [0, 0.05) is 31.5 Å². The lowest BCUT2D eigenvalue weighted by molar-refractivity contribution is 0.0653. The molecule has 1 aromatic rings. The number of rotatable bonds is 4. The number of aliphatic hydroxyl groups excluding tert-OH is 1. The molecule has 1 N–H and O–H groups in total. The number of sulfone groups is 1. The van der Waals surface area contributed by atoms with Gasteiger partial charge in [-0.2, -0.15) is 0 Å². The fourth-order valence-corrected chi connectivity index (χ4v) is 3.38. The predicted molar refractivity (Wildman–Crippen MR) is 79.9 cm³/mol. The van der Waals surface area contributed by atoms with Crippen molar-refractivity contribution in [1.29, 1.82) is 0 Å². The van der Waals surface area contributed by atoms with Crippen LogP contribution in [0.1, 0.15) is 29.6 Å². The van der Waals surface area contributed by atoms with Gasteiger partial charge in [-0.05, 0) is 43.4 Å². The van der Waals surface area contributed by atoms with Crippen LogP contribution in [0.2, 0.25) is 0 Å². The zero-order valence-electron chi connectivity index (χ0n) is 12.2. The van der Waals surface area contributed by atoms with E-state index in [4.69, 9.17) is 5.11 Å². The smallest absolute Gasteiger partial charge is 0.253 e. The van der Waals surface area contributed by atoms with E-state index in [0.29, 0.717) is 31.0 Å². The molecule has 1 aliphatic heterocycles. The van der Waals surface area contributed by atoms with Crippen LogP contribution in [-0.4, -0.2) is 50.3 Å². The van der Waals surface area contributed by atoms with Crippen molar-refractivity contribution in [1.82, 2.24) is 4.90 Å². The van der Waals surface area contributed by atoms with Crippen molar-refractivity contribution in [2.75, 3.05) is 26.0 Å². The highest BCUT2D eigenvalue weighted by Crippen LogP contribution is 2.21. The van der Waals surface area contributed by atoms with E-state index < -0.39 is 9.84 Å². The van der Waals surface area contributed by atoms with Crippen molar-refractivity contribution in [2.45, 2.75) is 24.2 Å². The number of carbonyl (C=O) groups is 1. The van der Waals surface area contributed by atoms with Crippen LogP contribution in [0, 0.1) is 5.92 Å². The zero-order valence-corrected chi connectivity index (χ0v) is 13.0. The first kappa shape index (κ1) is 16.0. The van der Waals surface area contributed by atoms with Gasteiger partial charge < -0.3 is 10.0 Å². The van der Waals surface area contributed by atoms with E-state index in [-0.39, 0.29) is 17.4 Å². The molecule has 0 spiro atoms. The van der Waals surface area contributed by atoms with Crippen LogP contribution < -0.4 is 0 Å². The van der Waals surface area contributed by atoms with Crippen LogP contribution in [-0.2, 0) is 9.84 Å². The fourth-order valence-electron chi connectivity index (χ4n) is 2.71. The summed E-state index contributed by atoms with van der Waals surface area (Å²) in [6.45, 7) is 1.45. The van der Waals surface area contributed by atoms with E-state index >= 15 is 0 Å². The molecule has 21 heavy (non-hydrogen) atoms. The summed E-state index contributed by atoms with van der Waals surface area (Å²) in [7, 11) is -3.31. The lowest BCUT2D eigenvalue weighted by Crippen LogP contribution is -2.40. The first-order chi connectivity index (χ1) is 9.91. The van der Waals surface area contributed by atoms with E-state index in [1.165, 1.54) is 12.1 Å². The van der Waals surface area contributed by atoms with Crippen LogP contribution in [0.15, 0.2) is 29.2 Å². The third-order valence-electron chi connectivity index (χ3n) is 3.85. The van der Waals surface area contributed by atoms with Gasteiger partial charge in [-0.25, -0.2) is 8.42 Å². The number of carbonyl (C=O) groups excluding carboxylic acids is 1. The second-order valence-corrected chi connectivity index (χ2v) is 7.59. The third-order valence-corrected chi connectivity index (χ3v) is 4.96. The van der Waals surface area contributed by atoms with Crippen molar-refractivity contribution in [2.24, 2.45) is 5.92 Å². The van der Waals surface area contributed by atoms with Crippen LogP contribution in [0.25, 0.3) is 0 Å². The van der Waals surface area contributed by atoms with Crippen LogP contribution in [0.3, 0.4) is 0 Å². The Morgan fingerprint density at radius 1 is 1.43 bits per heavy atom. The monoisotopic (exact) mass is 311 g/mol. The quantitative estimate of drug-likeness (QED) is 0.910. The van der Waals surface area contributed by atoms with Crippen molar-refractivity contribution in [3.05, 3.63) is 29.8 Å². The highest BCUT2D eigenvalue weighted by atomic mass is 32.2. The van der Waals surface area contributed by atoms with E-state index in [2.05, 4.69) is 0 Å². The standard InChI is InChI=1S/C15H21NO4S/c1-21(19,20)14-6-2-5-13(10-14)15(18)16-8-3-4-12(11-16)7-9-17/h2,5-6,10,12,17H,3-4,7-9,11H2,1H3. The number of benzene rings is 1. The van der Waals surface area contributed by atoms with E-state index in [1.54, 1.807) is 17.0 Å². The first-order valence-electron chi connectivity index (χ1n) is 7.12. The molecule has 1 aromatic carbocycles. The zero-order chi connectivity index (χ0) is 15.5. The molecular weight excluding hydrogens is 290 g/mol. The Bertz CT molecular complexity index is 610. The molecule has 1 atom stereocenters. The number of aliphatic hydroxyl groups is 1. The lowest BCUT2D eigenvalue weighted by atomic mass is 9.94. The van der Waals surface area contributed by atoms with E-state index in [1.807, 2.05) is 0 Å². The molecule has 0 aromatic heterocycles. The van der Waals surface area contributed by atoms with Crippen LogP contribution in [0.4, 0.5) is 0 Å². The molecule has 1 fully saturated rings. The average Bonchev–Trinajstić information content (AvgIpc) is 2.46. The SMILES string of the molecule is CS(=O)(=O)c1cccc(C(=O)N2CCCC(CCO)C2)c1. The molecule has 5 nitrogen and oxygen atoms in total. The van der Waals surface area contributed by atoms with Gasteiger partial charge in [0.15, 0.2) is 9.84 Å². The van der Waals surface area contributed by atoms with E-state index in [0.717, 1.165) is 19.1 Å². The number of piperidine rings is 1. The van der Waals surface area contributed by atoms with Gasteiger partial charge in [0.1, 0.15) is 0 Å². The number of nitrogens with zero attached hydrogens (tertiary/aromatic N) is 1. The van der Waals surface area contributed by atoms with Gasteiger partial charge >= 0.3 is 0 Å². The number of likely N-dealkylation sites (tertiary alicyclic amines) is 1. The van der Waals surface area contributed by atoms with Gasteiger partial charge in [0.05, 0.1) is 4.90 Å². The van der Waals surface area contributed by atoms with Crippen LogP contribution >= 0.6 is 0 Å². The molecule has 1 aliphatic rings. The Morgan fingerprint density at radius 3 is 2.86 bits per heavy atom. The molecule has 1 unspecified atom stereocenters. The second kappa shape index (κ2) is 6.58. The molecule has 0 saturated carbocycles. The number of amides is 1. The van der Waals surface area contributed by atoms with Gasteiger partial charge in [0.25, 0.3) is 5.91 Å². The largest absolute Gasteiger partial charge is 0.396 e. The molecule has 0 bridgehead atoms. The summed E-state index contributed by atoms with van der Waals surface area (Å²) >= 11 is 0. The van der Waals surface area contributed by atoms with Crippen molar-refractivity contribution >= 4 is 15.7 Å². The molecule has 116 valence electrons. The summed E-state index contributed by atoms with van der Waals surface area (Å²) in [5.41, 5.74) is 0.405. The molecular formula is C15H21NO4S. The van der Waals surface area contributed by atoms with Crippen molar-refractivity contribution in [3.63, 3.8) is 0 Å². The minimum Gasteiger partial charge on any atom is -0.396 e. The number of hydrogen-bond donors (Lipinski definition) is 1. The van der Waals surface area contributed by atoms with Crippen molar-refractivity contribution in [3.8, 4) is 0 Å². The van der Waals surface area contributed by atoms with Gasteiger partial charge in [-0.15, -0.1) is 0 Å². The normalized spacial score (nSPS) is 19.5. The molecule has 1 heterocycles. The van der Waals surface area contributed by atoms with Gasteiger partial charge in [-0.3, -0.25) is 4.79 Å². The average molecular weight is 311 g/mol.